The topological polar surface area (TPSA) is 37.4 Å². The third-order valence-electron chi connectivity index (χ3n) is 2.14. The minimum atomic E-state index is 0.0478. The zero-order valence-electron chi connectivity index (χ0n) is 9.83. The van der Waals surface area contributed by atoms with Gasteiger partial charge in [0.05, 0.1) is 13.1 Å². The van der Waals surface area contributed by atoms with Gasteiger partial charge in [0.25, 0.3) is 0 Å². The predicted octanol–water partition coefficient (Wildman–Crippen LogP) is 1.37. The van der Waals surface area contributed by atoms with E-state index < -0.39 is 0 Å². The van der Waals surface area contributed by atoms with Crippen LogP contribution in [0.25, 0.3) is 0 Å². The van der Waals surface area contributed by atoms with Crippen LogP contribution in [0.3, 0.4) is 0 Å². The molecule has 0 N–H and O–H groups in total. The maximum absolute atomic E-state index is 11.4. The molecule has 0 bridgehead atoms. The molecule has 0 atom stereocenters. The van der Waals surface area contributed by atoms with Crippen LogP contribution in [0, 0.1) is 11.8 Å². The van der Waals surface area contributed by atoms with Crippen molar-refractivity contribution < 1.29 is 9.59 Å². The summed E-state index contributed by atoms with van der Waals surface area (Å²) in [6.45, 7) is 8.24. The molecule has 0 saturated heterocycles. The molecule has 3 nitrogen and oxygen atoms in total. The van der Waals surface area contributed by atoms with Crippen LogP contribution in [0.15, 0.2) is 0 Å². The first kappa shape index (κ1) is 13.3. The second-order valence-corrected chi connectivity index (χ2v) is 4.41. The van der Waals surface area contributed by atoms with E-state index in [2.05, 4.69) is 0 Å². The number of likely N-dealkylation sites (N-methyl/N-ethyl adjacent to an activating group) is 1. The van der Waals surface area contributed by atoms with Gasteiger partial charge < -0.3 is 0 Å². The van der Waals surface area contributed by atoms with E-state index in [9.17, 15) is 9.59 Å². The molecule has 0 fully saturated rings. The number of Topliss-reactive ketones (excluding diaryl/α,β-unsaturated/α-hetero) is 2. The Hall–Kier alpha value is -0.700. The second kappa shape index (κ2) is 5.91. The Kier molecular flexibility index (Phi) is 5.62. The minimum absolute atomic E-state index is 0.0478. The van der Waals surface area contributed by atoms with Crippen molar-refractivity contribution in [2.45, 2.75) is 27.7 Å². The van der Waals surface area contributed by atoms with Gasteiger partial charge in [-0.1, -0.05) is 27.7 Å². The first-order chi connectivity index (χ1) is 6.34. The van der Waals surface area contributed by atoms with Crippen molar-refractivity contribution in [3.8, 4) is 0 Å². The maximum Gasteiger partial charge on any atom is 0.149 e. The zero-order chi connectivity index (χ0) is 11.3. The van der Waals surface area contributed by atoms with E-state index in [-0.39, 0.29) is 23.4 Å². The standard InChI is InChI=1S/C11H21NO2/c1-8(2)10(13)6-12(5)7-11(14)9(3)4/h8-9H,6-7H2,1-5H3. The molecule has 0 aromatic heterocycles. The van der Waals surface area contributed by atoms with Gasteiger partial charge >= 0.3 is 0 Å². The van der Waals surface area contributed by atoms with Crippen LogP contribution < -0.4 is 0 Å². The zero-order valence-corrected chi connectivity index (χ0v) is 9.83. The van der Waals surface area contributed by atoms with Crippen LogP contribution in [0.1, 0.15) is 27.7 Å². The molecule has 0 unspecified atom stereocenters. The number of carbonyl (C=O) groups is 2. The Morgan fingerprint density at radius 3 is 1.43 bits per heavy atom. The first-order valence-corrected chi connectivity index (χ1v) is 5.08. The van der Waals surface area contributed by atoms with Crippen molar-refractivity contribution in [2.24, 2.45) is 11.8 Å². The van der Waals surface area contributed by atoms with E-state index in [1.807, 2.05) is 27.7 Å². The minimum Gasteiger partial charge on any atom is -0.298 e. The highest BCUT2D eigenvalue weighted by atomic mass is 16.1. The highest BCUT2D eigenvalue weighted by Gasteiger charge is 2.14. The summed E-state index contributed by atoms with van der Waals surface area (Å²) < 4.78 is 0. The van der Waals surface area contributed by atoms with Gasteiger partial charge in [0.15, 0.2) is 0 Å². The van der Waals surface area contributed by atoms with Crippen LogP contribution in [-0.4, -0.2) is 36.6 Å². The average Bonchev–Trinajstić information content (AvgIpc) is 2.03. The lowest BCUT2D eigenvalue weighted by Gasteiger charge is -2.17. The monoisotopic (exact) mass is 199 g/mol. The molecule has 0 aromatic rings. The molecule has 0 saturated carbocycles. The molecule has 14 heavy (non-hydrogen) atoms. The van der Waals surface area contributed by atoms with E-state index >= 15 is 0 Å². The van der Waals surface area contributed by atoms with Crippen molar-refractivity contribution in [3.63, 3.8) is 0 Å². The van der Waals surface area contributed by atoms with E-state index in [1.54, 1.807) is 11.9 Å². The number of nitrogens with zero attached hydrogens (tertiary/aromatic N) is 1. The van der Waals surface area contributed by atoms with Crippen molar-refractivity contribution in [1.82, 2.24) is 4.90 Å². The van der Waals surface area contributed by atoms with E-state index in [1.165, 1.54) is 0 Å². The quantitative estimate of drug-likeness (QED) is 0.648. The highest BCUT2D eigenvalue weighted by molar-refractivity contribution is 5.85. The summed E-state index contributed by atoms with van der Waals surface area (Å²) in [6, 6.07) is 0. The Morgan fingerprint density at radius 1 is 0.929 bits per heavy atom. The molecule has 0 aliphatic rings. The number of carbonyl (C=O) groups excluding carboxylic acids is 2. The summed E-state index contributed by atoms with van der Waals surface area (Å²) in [5.74, 6) is 0.464. The van der Waals surface area contributed by atoms with Crippen LogP contribution in [0.2, 0.25) is 0 Å². The number of hydrogen-bond donors (Lipinski definition) is 0. The van der Waals surface area contributed by atoms with Gasteiger partial charge in [0.2, 0.25) is 0 Å². The largest absolute Gasteiger partial charge is 0.298 e. The molecule has 0 spiro atoms. The van der Waals surface area contributed by atoms with Gasteiger partial charge in [-0.15, -0.1) is 0 Å². The molecule has 0 aliphatic heterocycles. The summed E-state index contributed by atoms with van der Waals surface area (Å²) >= 11 is 0. The molecule has 0 radical (unpaired) electrons. The van der Waals surface area contributed by atoms with Crippen molar-refractivity contribution in [1.29, 1.82) is 0 Å². The summed E-state index contributed by atoms with van der Waals surface area (Å²) in [4.78, 5) is 24.5. The second-order valence-electron chi connectivity index (χ2n) is 4.41. The molecule has 0 aliphatic carbocycles. The fraction of sp³-hybridized carbons (Fsp3) is 0.818. The molecule has 3 heteroatoms. The van der Waals surface area contributed by atoms with E-state index in [0.717, 1.165) is 0 Å². The Bertz CT molecular complexity index is 187. The number of rotatable bonds is 6. The summed E-state index contributed by atoms with van der Waals surface area (Å²) in [7, 11) is 1.81. The molecule has 0 heterocycles. The SMILES string of the molecule is CC(C)C(=O)CN(C)CC(=O)C(C)C. The average molecular weight is 199 g/mol. The van der Waals surface area contributed by atoms with Crippen LogP contribution in [0.4, 0.5) is 0 Å². The lowest BCUT2D eigenvalue weighted by molar-refractivity contribution is -0.125. The first-order valence-electron chi connectivity index (χ1n) is 5.08. The maximum atomic E-state index is 11.4. The smallest absolute Gasteiger partial charge is 0.149 e. The van der Waals surface area contributed by atoms with Crippen LogP contribution >= 0.6 is 0 Å². The summed E-state index contributed by atoms with van der Waals surface area (Å²) in [6.07, 6.45) is 0. The lowest BCUT2D eigenvalue weighted by Crippen LogP contribution is -2.34. The molecular weight excluding hydrogens is 178 g/mol. The van der Waals surface area contributed by atoms with Gasteiger partial charge in [-0.05, 0) is 7.05 Å². The van der Waals surface area contributed by atoms with Gasteiger partial charge in [0, 0.05) is 11.8 Å². The molecular formula is C11H21NO2. The predicted molar refractivity (Wildman–Crippen MR) is 57.2 cm³/mol. The molecule has 0 amide bonds. The third kappa shape index (κ3) is 5.12. The van der Waals surface area contributed by atoms with Crippen molar-refractivity contribution in [3.05, 3.63) is 0 Å². The van der Waals surface area contributed by atoms with E-state index in [4.69, 9.17) is 0 Å². The lowest BCUT2D eigenvalue weighted by atomic mass is 10.1. The Balaban J connectivity index is 3.93. The molecule has 0 aromatic carbocycles. The van der Waals surface area contributed by atoms with Gasteiger partial charge in [-0.25, -0.2) is 0 Å². The normalized spacial score (nSPS) is 11.4. The molecule has 82 valence electrons. The fourth-order valence-corrected chi connectivity index (χ4v) is 0.953. The number of hydrogen-bond acceptors (Lipinski definition) is 3. The van der Waals surface area contributed by atoms with Gasteiger partial charge in [0.1, 0.15) is 11.6 Å². The Labute approximate surface area is 86.5 Å². The van der Waals surface area contributed by atoms with Gasteiger partial charge in [-0.3, -0.25) is 14.5 Å². The highest BCUT2D eigenvalue weighted by Crippen LogP contribution is 1.99. The molecule has 0 rings (SSSR count). The number of ketones is 2. The van der Waals surface area contributed by atoms with Crippen LogP contribution in [0.5, 0.6) is 0 Å². The van der Waals surface area contributed by atoms with Crippen molar-refractivity contribution in [2.75, 3.05) is 20.1 Å². The third-order valence-corrected chi connectivity index (χ3v) is 2.14. The van der Waals surface area contributed by atoms with Crippen molar-refractivity contribution >= 4 is 11.6 Å². The summed E-state index contributed by atoms with van der Waals surface area (Å²) in [5, 5.41) is 0. The Morgan fingerprint density at radius 2 is 1.21 bits per heavy atom. The fourth-order valence-electron chi connectivity index (χ4n) is 0.953. The van der Waals surface area contributed by atoms with Gasteiger partial charge in [-0.2, -0.15) is 0 Å². The van der Waals surface area contributed by atoms with Crippen LogP contribution in [-0.2, 0) is 9.59 Å². The summed E-state index contributed by atoms with van der Waals surface area (Å²) in [5.41, 5.74) is 0. The van der Waals surface area contributed by atoms with E-state index in [0.29, 0.717) is 13.1 Å².